The fraction of sp³-hybridized carbons (Fsp3) is 0.467. The number of methoxy groups -OCH3 is 2. The van der Waals surface area contributed by atoms with Gasteiger partial charge in [-0.25, -0.2) is 28.3 Å². The van der Waals surface area contributed by atoms with Crippen molar-refractivity contribution in [2.75, 3.05) is 48.6 Å². The summed E-state index contributed by atoms with van der Waals surface area (Å²) in [6, 6.07) is 13.0. The predicted octanol–water partition coefficient (Wildman–Crippen LogP) is 8.29. The second kappa shape index (κ2) is 18.8. The molecule has 17 heteroatoms. The van der Waals surface area contributed by atoms with Crippen LogP contribution in [0, 0.1) is 17.6 Å². The molecular formula is C45H55F2N9O6. The summed E-state index contributed by atoms with van der Waals surface area (Å²) in [6.07, 6.45) is 3.56. The van der Waals surface area contributed by atoms with E-state index in [0.29, 0.717) is 78.4 Å². The molecule has 1 saturated heterocycles. The first-order valence-corrected chi connectivity index (χ1v) is 21.4. The van der Waals surface area contributed by atoms with Crippen LogP contribution in [0.25, 0.3) is 22.1 Å². The molecule has 0 bridgehead atoms. The number of aromatic amines is 2. The van der Waals surface area contributed by atoms with Crippen LogP contribution >= 0.6 is 0 Å². The third-order valence-electron chi connectivity index (χ3n) is 11.7. The van der Waals surface area contributed by atoms with Crippen LogP contribution in [0.2, 0.25) is 0 Å². The Hall–Kier alpha value is -6.26. The van der Waals surface area contributed by atoms with E-state index in [2.05, 4.69) is 30.2 Å². The second-order valence-corrected chi connectivity index (χ2v) is 16.4. The van der Waals surface area contributed by atoms with Gasteiger partial charge in [0.25, 0.3) is 5.91 Å². The van der Waals surface area contributed by atoms with Crippen LogP contribution in [0.5, 0.6) is 0 Å². The molecule has 2 aromatic heterocycles. The lowest BCUT2D eigenvalue weighted by molar-refractivity contribution is -0.121. The van der Waals surface area contributed by atoms with E-state index < -0.39 is 29.9 Å². The molecule has 5 aromatic rings. The number of nitrogens with one attached hydrogen (secondary N) is 4. The summed E-state index contributed by atoms with van der Waals surface area (Å²) in [5.41, 5.74) is 4.90. The Balaban J connectivity index is 1.24. The maximum atomic E-state index is 15.9. The van der Waals surface area contributed by atoms with Crippen LogP contribution in [0.15, 0.2) is 48.5 Å². The molecule has 2 aliphatic rings. The van der Waals surface area contributed by atoms with E-state index in [1.54, 1.807) is 4.90 Å². The normalized spacial score (nSPS) is 16.8. The Morgan fingerprint density at radius 3 is 1.85 bits per heavy atom. The maximum absolute atomic E-state index is 15.9. The first kappa shape index (κ1) is 43.8. The molecule has 7 rings (SSSR count). The fourth-order valence-electron chi connectivity index (χ4n) is 8.39. The smallest absolute Gasteiger partial charge is 0.407 e. The summed E-state index contributed by atoms with van der Waals surface area (Å²) in [6.45, 7) is 8.13. The number of alkyl carbamates (subject to hydrolysis) is 2. The van der Waals surface area contributed by atoms with Gasteiger partial charge in [0.1, 0.15) is 24.2 Å². The van der Waals surface area contributed by atoms with Gasteiger partial charge in [-0.1, -0.05) is 46.2 Å². The summed E-state index contributed by atoms with van der Waals surface area (Å²) in [7, 11) is 2.48. The molecule has 330 valence electrons. The minimum atomic E-state index is -0.848. The van der Waals surface area contributed by atoms with E-state index in [4.69, 9.17) is 14.7 Å². The van der Waals surface area contributed by atoms with E-state index in [-0.39, 0.29) is 47.8 Å². The number of fused-ring (bicyclic) bond motifs is 2. The van der Waals surface area contributed by atoms with E-state index in [1.165, 1.54) is 31.3 Å². The monoisotopic (exact) mass is 855 g/mol. The number of hydrogen-bond donors (Lipinski definition) is 4. The summed E-state index contributed by atoms with van der Waals surface area (Å²) >= 11 is 0. The largest absolute Gasteiger partial charge is 0.453 e. The second-order valence-electron chi connectivity index (χ2n) is 16.4. The average Bonchev–Trinajstić information content (AvgIpc) is 3.63. The highest BCUT2D eigenvalue weighted by Crippen LogP contribution is 2.50. The van der Waals surface area contributed by atoms with Gasteiger partial charge in [0.05, 0.1) is 48.4 Å². The zero-order valence-corrected chi connectivity index (χ0v) is 36.0. The van der Waals surface area contributed by atoms with Crippen molar-refractivity contribution in [3.63, 3.8) is 0 Å². The van der Waals surface area contributed by atoms with Crippen molar-refractivity contribution in [2.45, 2.75) is 96.7 Å². The zero-order chi connectivity index (χ0) is 44.2. The van der Waals surface area contributed by atoms with E-state index >= 15 is 8.78 Å². The SMILES string of the molecule is CCCCN(C(=O)C(NC(=O)OC)C(C)C)c1nc2cc([C@H]3CC[C@H](c4ccc5[nH]c(N(CCC)C(=O)CNC(=O)OC)nc5c4)N3c3cc(F)c(C4CC4)c(F)c3)ccc2[nH]1. The minimum Gasteiger partial charge on any atom is -0.453 e. The molecule has 1 aliphatic heterocycles. The number of carbonyl (C=O) groups excluding carboxylic acids is 4. The molecule has 2 fully saturated rings. The fourth-order valence-corrected chi connectivity index (χ4v) is 8.39. The highest BCUT2D eigenvalue weighted by Gasteiger charge is 2.39. The molecule has 3 heterocycles. The number of halogens is 2. The topological polar surface area (TPSA) is 178 Å². The van der Waals surface area contributed by atoms with Gasteiger partial charge in [0, 0.05) is 24.3 Å². The van der Waals surface area contributed by atoms with Gasteiger partial charge in [-0.3, -0.25) is 19.4 Å². The summed E-state index contributed by atoms with van der Waals surface area (Å²) < 4.78 is 41.2. The lowest BCUT2D eigenvalue weighted by Gasteiger charge is -2.33. The van der Waals surface area contributed by atoms with Crippen molar-refractivity contribution in [2.24, 2.45) is 5.92 Å². The number of carbonyl (C=O) groups is 4. The number of amides is 4. The molecule has 62 heavy (non-hydrogen) atoms. The number of ether oxygens (including phenoxy) is 2. The number of hydrogen-bond acceptors (Lipinski definition) is 9. The molecule has 3 aromatic carbocycles. The number of rotatable bonds is 16. The van der Waals surface area contributed by atoms with Gasteiger partial charge in [0.2, 0.25) is 17.8 Å². The molecule has 0 spiro atoms. The number of benzene rings is 3. The van der Waals surface area contributed by atoms with Crippen LogP contribution in [-0.2, 0) is 19.1 Å². The molecule has 1 aliphatic carbocycles. The minimum absolute atomic E-state index is 0.118. The van der Waals surface area contributed by atoms with Crippen molar-refractivity contribution in [3.05, 3.63) is 76.9 Å². The molecule has 3 atom stereocenters. The quantitative estimate of drug-likeness (QED) is 0.0760. The van der Waals surface area contributed by atoms with Crippen molar-refractivity contribution in [1.82, 2.24) is 30.6 Å². The van der Waals surface area contributed by atoms with Gasteiger partial charge in [-0.15, -0.1) is 0 Å². The molecule has 15 nitrogen and oxygen atoms in total. The molecule has 0 radical (unpaired) electrons. The number of nitrogens with zero attached hydrogens (tertiary/aromatic N) is 5. The average molecular weight is 856 g/mol. The third-order valence-corrected chi connectivity index (χ3v) is 11.7. The van der Waals surface area contributed by atoms with Crippen LogP contribution < -0.4 is 25.3 Å². The number of unbranched alkanes of at least 4 members (excludes halogenated alkanes) is 1. The zero-order valence-electron chi connectivity index (χ0n) is 36.0. The Labute approximate surface area is 358 Å². The summed E-state index contributed by atoms with van der Waals surface area (Å²) in [4.78, 5) is 72.4. The van der Waals surface area contributed by atoms with Gasteiger partial charge >= 0.3 is 12.2 Å². The highest BCUT2D eigenvalue weighted by atomic mass is 19.1. The van der Waals surface area contributed by atoms with Crippen LogP contribution in [-0.4, -0.2) is 83.8 Å². The summed E-state index contributed by atoms with van der Waals surface area (Å²) in [5, 5.41) is 5.11. The molecular weight excluding hydrogens is 801 g/mol. The standard InChI is InChI=1S/C45H55F2N9O6/c1-7-9-19-55(41(58)40(25(3)4)53-45(60)62-6)43-50-33-15-13-28(21-35(33)52-43)37-17-16-36(56(37)29-22-30(46)39(26-10-11-26)31(47)23-29)27-12-14-32-34(20-27)51-42(49-32)54(18-8-2)38(57)24-48-44(59)61-5/h12-15,20-23,25-26,36-37,40H,7-11,16-19,24H2,1-6H3,(H,48,59)(H,49,51)(H,50,52)(H,53,60)/t36-,37-,40?/m1/s1. The highest BCUT2D eigenvalue weighted by molar-refractivity contribution is 5.99. The summed E-state index contributed by atoms with van der Waals surface area (Å²) in [5.74, 6) is -1.47. The van der Waals surface area contributed by atoms with Crippen LogP contribution in [0.1, 0.15) is 107 Å². The van der Waals surface area contributed by atoms with Crippen LogP contribution in [0.4, 0.5) is 36.0 Å². The van der Waals surface area contributed by atoms with Crippen molar-refractivity contribution in [3.8, 4) is 0 Å². The van der Waals surface area contributed by atoms with Gasteiger partial charge in [-0.05, 0) is 97.9 Å². The van der Waals surface area contributed by atoms with Crippen molar-refractivity contribution in [1.29, 1.82) is 0 Å². The first-order chi connectivity index (χ1) is 29.8. The lowest BCUT2D eigenvalue weighted by Crippen LogP contribution is -2.52. The predicted molar refractivity (Wildman–Crippen MR) is 232 cm³/mol. The Morgan fingerprint density at radius 1 is 0.790 bits per heavy atom. The Morgan fingerprint density at radius 2 is 1.35 bits per heavy atom. The van der Waals surface area contributed by atoms with Crippen molar-refractivity contribution < 1.29 is 37.4 Å². The molecule has 1 saturated carbocycles. The number of imidazole rings is 2. The van der Waals surface area contributed by atoms with Crippen molar-refractivity contribution >= 4 is 63.7 Å². The van der Waals surface area contributed by atoms with E-state index in [1.807, 2.05) is 64.1 Å². The van der Waals surface area contributed by atoms with E-state index in [9.17, 15) is 19.2 Å². The third kappa shape index (κ3) is 9.16. The number of H-pyrrole nitrogens is 2. The van der Waals surface area contributed by atoms with Crippen LogP contribution in [0.3, 0.4) is 0 Å². The molecule has 4 amide bonds. The van der Waals surface area contributed by atoms with Gasteiger partial charge in [-0.2, -0.15) is 0 Å². The lowest BCUT2D eigenvalue weighted by atomic mass is 10.0. The maximum Gasteiger partial charge on any atom is 0.407 e. The Bertz CT molecular complexity index is 2430. The van der Waals surface area contributed by atoms with Gasteiger partial charge < -0.3 is 35.0 Å². The number of aromatic nitrogens is 4. The number of anilines is 3. The van der Waals surface area contributed by atoms with Gasteiger partial charge in [0.15, 0.2) is 0 Å². The van der Waals surface area contributed by atoms with E-state index in [0.717, 1.165) is 30.4 Å². The molecule has 4 N–H and O–H groups in total. The Kier molecular flexibility index (Phi) is 13.3. The first-order valence-electron chi connectivity index (χ1n) is 21.4. The molecule has 1 unspecified atom stereocenters.